The van der Waals surface area contributed by atoms with Gasteiger partial charge in [0.2, 0.25) is 0 Å². The lowest BCUT2D eigenvalue weighted by molar-refractivity contribution is -0.156. The molecule has 1 heterocycles. The molecule has 5 nitrogen and oxygen atoms in total. The van der Waals surface area contributed by atoms with Gasteiger partial charge in [-0.1, -0.05) is 44.4 Å². The van der Waals surface area contributed by atoms with E-state index in [2.05, 4.69) is 18.8 Å². The third kappa shape index (κ3) is 8.03. The molecule has 0 N–H and O–H groups in total. The number of likely N-dealkylation sites (tertiary alicyclic amines) is 1. The van der Waals surface area contributed by atoms with Crippen molar-refractivity contribution in [3.05, 3.63) is 0 Å². The van der Waals surface area contributed by atoms with Crippen LogP contribution in [0.4, 0.5) is 0 Å². The van der Waals surface area contributed by atoms with Crippen LogP contribution in [0.5, 0.6) is 0 Å². The fraction of sp³-hybridized carbons (Fsp3) is 0.778. The molecule has 0 aromatic carbocycles. The molecule has 1 saturated heterocycles. The van der Waals surface area contributed by atoms with Crippen LogP contribution >= 0.6 is 0 Å². The summed E-state index contributed by atoms with van der Waals surface area (Å²) in [6.07, 6.45) is 5.84. The topological polar surface area (TPSA) is 49.9 Å². The van der Waals surface area contributed by atoms with Crippen LogP contribution in [0.2, 0.25) is 0 Å². The van der Waals surface area contributed by atoms with Crippen molar-refractivity contribution in [1.82, 2.24) is 9.80 Å². The Morgan fingerprint density at radius 3 is 2.70 bits per heavy atom. The average molecular weight is 322 g/mol. The fourth-order valence-corrected chi connectivity index (χ4v) is 2.43. The van der Waals surface area contributed by atoms with Crippen molar-refractivity contribution in [2.45, 2.75) is 58.0 Å². The summed E-state index contributed by atoms with van der Waals surface area (Å²) in [5.41, 5.74) is 0. The summed E-state index contributed by atoms with van der Waals surface area (Å²) >= 11 is 0. The zero-order chi connectivity index (χ0) is 17.1. The molecular formula is C18H30N2O3. The van der Waals surface area contributed by atoms with Crippen LogP contribution in [0.25, 0.3) is 0 Å². The van der Waals surface area contributed by atoms with Gasteiger partial charge in [-0.05, 0) is 20.5 Å². The summed E-state index contributed by atoms with van der Waals surface area (Å²) in [5.74, 6) is 5.64. The second-order valence-electron chi connectivity index (χ2n) is 6.28. The van der Waals surface area contributed by atoms with E-state index in [1.54, 1.807) is 4.90 Å². The van der Waals surface area contributed by atoms with Crippen LogP contribution in [0.3, 0.4) is 0 Å². The molecule has 1 aliphatic rings. The fourth-order valence-electron chi connectivity index (χ4n) is 2.43. The van der Waals surface area contributed by atoms with Crippen molar-refractivity contribution in [2.24, 2.45) is 0 Å². The number of carbonyl (C=O) groups is 2. The Kier molecular flexibility index (Phi) is 9.39. The van der Waals surface area contributed by atoms with Gasteiger partial charge in [0, 0.05) is 19.4 Å². The average Bonchev–Trinajstić information content (AvgIpc) is 2.84. The Morgan fingerprint density at radius 1 is 1.26 bits per heavy atom. The van der Waals surface area contributed by atoms with Gasteiger partial charge in [0.1, 0.15) is 0 Å². The first-order valence-corrected chi connectivity index (χ1v) is 8.63. The molecule has 1 amide bonds. The number of nitrogens with zero attached hydrogens (tertiary/aromatic N) is 2. The molecule has 1 rings (SSSR count). The van der Waals surface area contributed by atoms with Crippen molar-refractivity contribution in [2.75, 3.05) is 33.7 Å². The number of esters is 1. The molecule has 0 spiro atoms. The monoisotopic (exact) mass is 322 g/mol. The van der Waals surface area contributed by atoms with E-state index in [0.717, 1.165) is 19.3 Å². The molecule has 23 heavy (non-hydrogen) atoms. The van der Waals surface area contributed by atoms with Gasteiger partial charge in [0.25, 0.3) is 5.91 Å². The van der Waals surface area contributed by atoms with Crippen molar-refractivity contribution >= 4 is 11.9 Å². The van der Waals surface area contributed by atoms with E-state index in [1.165, 1.54) is 12.8 Å². The molecule has 1 fully saturated rings. The maximum absolute atomic E-state index is 12.2. The van der Waals surface area contributed by atoms with E-state index in [1.807, 2.05) is 19.0 Å². The first kappa shape index (κ1) is 19.5. The summed E-state index contributed by atoms with van der Waals surface area (Å²) in [6.45, 7) is 3.87. The van der Waals surface area contributed by atoms with Crippen molar-refractivity contribution in [3.8, 4) is 11.8 Å². The minimum absolute atomic E-state index is 0.108. The number of unbranched alkanes of at least 4 members (excludes halogenated alkanes) is 4. The third-order valence-corrected chi connectivity index (χ3v) is 3.80. The second kappa shape index (κ2) is 11.1. The van der Waals surface area contributed by atoms with Gasteiger partial charge in [0.15, 0.2) is 6.10 Å². The van der Waals surface area contributed by atoms with E-state index in [0.29, 0.717) is 32.5 Å². The van der Waals surface area contributed by atoms with Crippen LogP contribution in [-0.4, -0.2) is 61.5 Å². The first-order valence-electron chi connectivity index (χ1n) is 8.63. The number of hydrogen-bond donors (Lipinski definition) is 0. The van der Waals surface area contributed by atoms with E-state index in [-0.39, 0.29) is 11.9 Å². The third-order valence-electron chi connectivity index (χ3n) is 3.80. The van der Waals surface area contributed by atoms with Gasteiger partial charge in [-0.15, -0.1) is 0 Å². The number of carbonyl (C=O) groups excluding carboxylic acids is 2. The summed E-state index contributed by atoms with van der Waals surface area (Å²) in [7, 11) is 3.90. The molecule has 130 valence electrons. The van der Waals surface area contributed by atoms with Crippen molar-refractivity contribution in [3.63, 3.8) is 0 Å². The number of rotatable bonds is 9. The first-order chi connectivity index (χ1) is 11.0. The maximum atomic E-state index is 12.2. The molecule has 1 atom stereocenters. The largest absolute Gasteiger partial charge is 0.452 e. The van der Waals surface area contributed by atoms with Gasteiger partial charge in [-0.25, -0.2) is 0 Å². The minimum Gasteiger partial charge on any atom is -0.452 e. The molecule has 0 bridgehead atoms. The molecule has 0 unspecified atom stereocenters. The van der Waals surface area contributed by atoms with E-state index < -0.39 is 6.10 Å². The molecule has 0 aromatic rings. The summed E-state index contributed by atoms with van der Waals surface area (Å²) in [6, 6.07) is 0. The maximum Gasteiger partial charge on any atom is 0.306 e. The summed E-state index contributed by atoms with van der Waals surface area (Å²) < 4.78 is 5.32. The highest BCUT2D eigenvalue weighted by molar-refractivity contribution is 5.85. The Bertz CT molecular complexity index is 437. The molecule has 0 radical (unpaired) electrons. The van der Waals surface area contributed by atoms with Gasteiger partial charge in [-0.3, -0.25) is 14.5 Å². The Labute approximate surface area is 140 Å². The molecule has 0 aliphatic carbocycles. The zero-order valence-corrected chi connectivity index (χ0v) is 14.8. The number of amides is 1. The smallest absolute Gasteiger partial charge is 0.306 e. The van der Waals surface area contributed by atoms with Gasteiger partial charge in [-0.2, -0.15) is 0 Å². The predicted octanol–water partition coefficient (Wildman–Crippen LogP) is 2.06. The van der Waals surface area contributed by atoms with Crippen LogP contribution in [0.15, 0.2) is 0 Å². The zero-order valence-electron chi connectivity index (χ0n) is 14.8. The number of hydrogen-bond acceptors (Lipinski definition) is 4. The highest BCUT2D eigenvalue weighted by atomic mass is 16.5. The normalized spacial score (nSPS) is 17.3. The molecule has 1 aliphatic heterocycles. The number of ether oxygens (including phenoxy) is 1. The van der Waals surface area contributed by atoms with E-state index >= 15 is 0 Å². The SMILES string of the molecule is CCCCCCCC(=O)O[C@H]1CCN(CC#CCN(C)C)C1=O. The standard InChI is InChI=1S/C18H30N2O3/c1-4-5-6-7-8-11-17(21)23-16-12-15-20(18(16)22)14-10-9-13-19(2)3/h16H,4-8,11-15H2,1-3H3/t16-/m0/s1. The van der Waals surface area contributed by atoms with Crippen LogP contribution in [0, 0.1) is 11.8 Å². The van der Waals surface area contributed by atoms with Crippen molar-refractivity contribution in [1.29, 1.82) is 0 Å². The Hall–Kier alpha value is -1.54. The second-order valence-corrected chi connectivity index (χ2v) is 6.28. The van der Waals surface area contributed by atoms with Crippen LogP contribution in [-0.2, 0) is 14.3 Å². The molecule has 0 aromatic heterocycles. The highest BCUT2D eigenvalue weighted by Crippen LogP contribution is 2.15. The van der Waals surface area contributed by atoms with Gasteiger partial charge >= 0.3 is 5.97 Å². The lowest BCUT2D eigenvalue weighted by Crippen LogP contribution is -2.32. The van der Waals surface area contributed by atoms with Gasteiger partial charge < -0.3 is 9.64 Å². The van der Waals surface area contributed by atoms with Crippen LogP contribution < -0.4 is 0 Å². The molecule has 5 heteroatoms. The highest BCUT2D eigenvalue weighted by Gasteiger charge is 2.33. The van der Waals surface area contributed by atoms with Gasteiger partial charge in [0.05, 0.1) is 13.1 Å². The van der Waals surface area contributed by atoms with Crippen molar-refractivity contribution < 1.29 is 14.3 Å². The Balaban J connectivity index is 2.24. The predicted molar refractivity (Wildman–Crippen MR) is 90.8 cm³/mol. The van der Waals surface area contributed by atoms with Crippen LogP contribution in [0.1, 0.15) is 51.9 Å². The summed E-state index contributed by atoms with van der Waals surface area (Å²) in [4.78, 5) is 27.6. The minimum atomic E-state index is -0.603. The van der Waals surface area contributed by atoms with E-state index in [4.69, 9.17) is 4.74 Å². The Morgan fingerprint density at radius 2 is 2.00 bits per heavy atom. The summed E-state index contributed by atoms with van der Waals surface area (Å²) in [5, 5.41) is 0. The lowest BCUT2D eigenvalue weighted by atomic mass is 10.1. The lowest BCUT2D eigenvalue weighted by Gasteiger charge is -2.13. The quantitative estimate of drug-likeness (QED) is 0.370. The molecular weight excluding hydrogens is 292 g/mol. The van der Waals surface area contributed by atoms with E-state index in [9.17, 15) is 9.59 Å². The molecule has 0 saturated carbocycles.